The molecule has 0 N–H and O–H groups in total. The number of amides is 1. The first-order valence-electron chi connectivity index (χ1n) is 9.41. The van der Waals surface area contributed by atoms with Crippen molar-refractivity contribution in [1.82, 2.24) is 0 Å². The molecule has 1 heterocycles. The molecule has 3 aromatic carbocycles. The van der Waals surface area contributed by atoms with Crippen LogP contribution in [-0.4, -0.2) is 15.2 Å². The second-order valence-electron chi connectivity index (χ2n) is 6.75. The highest BCUT2D eigenvalue weighted by molar-refractivity contribution is 14.1. The van der Waals surface area contributed by atoms with E-state index in [1.54, 1.807) is 17.0 Å². The van der Waals surface area contributed by atoms with Gasteiger partial charge in [0, 0.05) is 12.1 Å². The summed E-state index contributed by atoms with van der Waals surface area (Å²) >= 11 is 8.87. The molecule has 0 bridgehead atoms. The molecule has 6 nitrogen and oxygen atoms in total. The number of nitro benzene ring substituents is 1. The van der Waals surface area contributed by atoms with Gasteiger partial charge in [-0.05, 0) is 76.2 Å². The summed E-state index contributed by atoms with van der Waals surface area (Å²) in [6.07, 6.45) is 1.82. The van der Waals surface area contributed by atoms with E-state index in [-0.39, 0.29) is 11.6 Å². The van der Waals surface area contributed by atoms with Crippen molar-refractivity contribution in [3.05, 3.63) is 103 Å². The first-order valence-corrected chi connectivity index (χ1v) is 11.7. The fourth-order valence-electron chi connectivity index (χ4n) is 3.02. The van der Waals surface area contributed by atoms with Gasteiger partial charge in [-0.1, -0.05) is 48.2 Å². The van der Waals surface area contributed by atoms with Gasteiger partial charge >= 0.3 is 0 Å². The highest BCUT2D eigenvalue weighted by Crippen LogP contribution is 2.36. The summed E-state index contributed by atoms with van der Waals surface area (Å²) in [6.45, 7) is 0.295. The Bertz CT molecular complexity index is 1230. The smallest absolute Gasteiger partial charge is 0.270 e. The third-order valence-electron chi connectivity index (χ3n) is 4.60. The molecule has 1 saturated heterocycles. The maximum atomic E-state index is 12.9. The van der Waals surface area contributed by atoms with Crippen LogP contribution in [0, 0.1) is 13.7 Å². The van der Waals surface area contributed by atoms with Crippen LogP contribution in [0.25, 0.3) is 6.08 Å². The molecule has 160 valence electrons. The molecule has 1 aliphatic rings. The van der Waals surface area contributed by atoms with E-state index in [1.165, 1.54) is 23.9 Å². The third-order valence-corrected chi connectivity index (χ3v) is 6.75. The number of thiocarbonyl (C=S) groups is 1. The molecule has 9 heteroatoms. The normalized spacial score (nSPS) is 14.8. The lowest BCUT2D eigenvalue weighted by Gasteiger charge is -2.13. The van der Waals surface area contributed by atoms with E-state index < -0.39 is 4.92 Å². The quantitative estimate of drug-likeness (QED) is 0.115. The Labute approximate surface area is 207 Å². The summed E-state index contributed by atoms with van der Waals surface area (Å²) < 4.78 is 7.25. The SMILES string of the molecule is O=C1/C(=C\c2ccc(OCc3ccc([N+](=O)[O-])cc3)c(I)c2)SC(=S)N1c1ccccc1. The van der Waals surface area contributed by atoms with Gasteiger partial charge in [0.25, 0.3) is 11.6 Å². The Morgan fingerprint density at radius 2 is 1.81 bits per heavy atom. The molecule has 0 spiro atoms. The average molecular weight is 574 g/mol. The van der Waals surface area contributed by atoms with E-state index in [2.05, 4.69) is 22.6 Å². The number of carbonyl (C=O) groups excluding carboxylic acids is 1. The van der Waals surface area contributed by atoms with E-state index in [9.17, 15) is 14.9 Å². The molecule has 1 fully saturated rings. The summed E-state index contributed by atoms with van der Waals surface area (Å²) in [4.78, 5) is 25.3. The Hall–Kier alpha value is -2.76. The molecule has 0 saturated carbocycles. The molecule has 3 aromatic rings. The fraction of sp³-hybridized carbons (Fsp3) is 0.0435. The summed E-state index contributed by atoms with van der Waals surface area (Å²) in [5.41, 5.74) is 2.50. The molecule has 32 heavy (non-hydrogen) atoms. The van der Waals surface area contributed by atoms with Crippen molar-refractivity contribution in [3.63, 3.8) is 0 Å². The molecule has 0 atom stereocenters. The van der Waals surface area contributed by atoms with Gasteiger partial charge in [-0.25, -0.2) is 0 Å². The number of hydrogen-bond donors (Lipinski definition) is 0. The second kappa shape index (κ2) is 9.80. The van der Waals surface area contributed by atoms with Gasteiger partial charge in [0.1, 0.15) is 12.4 Å². The van der Waals surface area contributed by atoms with Crippen LogP contribution < -0.4 is 9.64 Å². The zero-order valence-corrected chi connectivity index (χ0v) is 20.2. The number of rotatable bonds is 6. The van der Waals surface area contributed by atoms with Gasteiger partial charge in [-0.2, -0.15) is 0 Å². The van der Waals surface area contributed by atoms with Crippen molar-refractivity contribution in [2.24, 2.45) is 0 Å². The van der Waals surface area contributed by atoms with Crippen LogP contribution in [-0.2, 0) is 11.4 Å². The number of hydrogen-bond acceptors (Lipinski definition) is 6. The third kappa shape index (κ3) is 5.00. The number of carbonyl (C=O) groups is 1. The van der Waals surface area contributed by atoms with E-state index >= 15 is 0 Å². The average Bonchev–Trinajstić information content (AvgIpc) is 3.06. The lowest BCUT2D eigenvalue weighted by molar-refractivity contribution is -0.384. The molecule has 1 aliphatic heterocycles. The van der Waals surface area contributed by atoms with E-state index in [0.29, 0.717) is 21.6 Å². The van der Waals surface area contributed by atoms with Gasteiger partial charge in [0.15, 0.2) is 4.32 Å². The molecular formula is C23H15IN2O4S2. The minimum absolute atomic E-state index is 0.0466. The lowest BCUT2D eigenvalue weighted by atomic mass is 10.2. The van der Waals surface area contributed by atoms with Crippen molar-refractivity contribution >= 4 is 74.2 Å². The van der Waals surface area contributed by atoms with Crippen molar-refractivity contribution in [1.29, 1.82) is 0 Å². The van der Waals surface area contributed by atoms with Crippen molar-refractivity contribution in [3.8, 4) is 5.75 Å². The zero-order chi connectivity index (χ0) is 22.7. The number of non-ortho nitro benzene ring substituents is 1. The van der Waals surface area contributed by atoms with Gasteiger partial charge in [-0.15, -0.1) is 0 Å². The Kier molecular flexibility index (Phi) is 6.87. The maximum absolute atomic E-state index is 12.9. The fourth-order valence-corrected chi connectivity index (χ4v) is 5.01. The number of anilines is 1. The first kappa shape index (κ1) is 22.4. The van der Waals surface area contributed by atoms with Crippen LogP contribution in [0.5, 0.6) is 5.75 Å². The Morgan fingerprint density at radius 1 is 1.09 bits per heavy atom. The van der Waals surface area contributed by atoms with E-state index in [0.717, 1.165) is 20.4 Å². The molecular weight excluding hydrogens is 559 g/mol. The van der Waals surface area contributed by atoms with Crippen molar-refractivity contribution in [2.45, 2.75) is 6.61 Å². The molecule has 4 rings (SSSR count). The number of halogens is 1. The highest BCUT2D eigenvalue weighted by atomic mass is 127. The number of nitrogens with zero attached hydrogens (tertiary/aromatic N) is 2. The van der Waals surface area contributed by atoms with Gasteiger partial charge in [-0.3, -0.25) is 19.8 Å². The number of nitro groups is 1. The van der Waals surface area contributed by atoms with Crippen LogP contribution in [0.2, 0.25) is 0 Å². The van der Waals surface area contributed by atoms with Crippen LogP contribution in [0.3, 0.4) is 0 Å². The Morgan fingerprint density at radius 3 is 2.47 bits per heavy atom. The van der Waals surface area contributed by atoms with Gasteiger partial charge in [0.05, 0.1) is 19.1 Å². The van der Waals surface area contributed by atoms with Crippen LogP contribution in [0.4, 0.5) is 11.4 Å². The summed E-state index contributed by atoms with van der Waals surface area (Å²) in [5.74, 6) is 0.553. The van der Waals surface area contributed by atoms with Crippen LogP contribution in [0.1, 0.15) is 11.1 Å². The van der Waals surface area contributed by atoms with E-state index in [4.69, 9.17) is 17.0 Å². The number of benzene rings is 3. The summed E-state index contributed by atoms with van der Waals surface area (Å²) in [6, 6.07) is 21.3. The van der Waals surface area contributed by atoms with Crippen LogP contribution >= 0.6 is 46.6 Å². The van der Waals surface area contributed by atoms with E-state index in [1.807, 2.05) is 54.6 Å². The molecule has 0 aliphatic carbocycles. The number of para-hydroxylation sites is 1. The maximum Gasteiger partial charge on any atom is 0.270 e. The highest BCUT2D eigenvalue weighted by Gasteiger charge is 2.33. The first-order chi connectivity index (χ1) is 15.4. The Balaban J connectivity index is 1.46. The molecule has 0 aromatic heterocycles. The number of ether oxygens (including phenoxy) is 1. The largest absolute Gasteiger partial charge is 0.488 e. The number of thioether (sulfide) groups is 1. The topological polar surface area (TPSA) is 72.7 Å². The lowest BCUT2D eigenvalue weighted by Crippen LogP contribution is -2.27. The second-order valence-corrected chi connectivity index (χ2v) is 9.59. The summed E-state index contributed by atoms with van der Waals surface area (Å²) in [5, 5.41) is 10.8. The molecule has 1 amide bonds. The van der Waals surface area contributed by atoms with Gasteiger partial charge < -0.3 is 4.74 Å². The van der Waals surface area contributed by atoms with Crippen molar-refractivity contribution in [2.75, 3.05) is 4.90 Å². The standard InChI is InChI=1S/C23H15IN2O4S2/c24-19-12-16(8-11-20(19)30-14-15-6-9-18(10-7-15)26(28)29)13-21-22(27)25(23(31)32-21)17-4-2-1-3-5-17/h1-13H,14H2/b21-13+. The van der Waals surface area contributed by atoms with Gasteiger partial charge in [0.2, 0.25) is 0 Å². The van der Waals surface area contributed by atoms with Crippen molar-refractivity contribution < 1.29 is 14.5 Å². The monoisotopic (exact) mass is 574 g/mol. The zero-order valence-electron chi connectivity index (χ0n) is 16.4. The molecule has 0 radical (unpaired) electrons. The minimum atomic E-state index is -0.431. The minimum Gasteiger partial charge on any atom is -0.488 e. The predicted octanol–water partition coefficient (Wildman–Crippen LogP) is 6.18. The summed E-state index contributed by atoms with van der Waals surface area (Å²) in [7, 11) is 0. The predicted molar refractivity (Wildman–Crippen MR) is 139 cm³/mol. The van der Waals surface area contributed by atoms with Crippen LogP contribution in [0.15, 0.2) is 77.7 Å². The molecule has 0 unspecified atom stereocenters.